The third-order valence-corrected chi connectivity index (χ3v) is 7.31. The normalized spacial score (nSPS) is 14.6. The molecule has 2 N–H and O–H groups in total. The van der Waals surface area contributed by atoms with Crippen LogP contribution >= 0.6 is 11.5 Å². The van der Waals surface area contributed by atoms with Crippen molar-refractivity contribution in [1.82, 2.24) is 24.5 Å². The third kappa shape index (κ3) is 3.99. The van der Waals surface area contributed by atoms with Crippen LogP contribution in [0, 0.1) is 0 Å². The van der Waals surface area contributed by atoms with Crippen molar-refractivity contribution in [1.29, 1.82) is 0 Å². The first-order valence-corrected chi connectivity index (χ1v) is 12.4. The molecule has 1 saturated heterocycles. The van der Waals surface area contributed by atoms with Crippen LogP contribution < -0.4 is 15.4 Å². The highest BCUT2D eigenvalue weighted by atomic mass is 32.1. The number of benzene rings is 2. The van der Waals surface area contributed by atoms with Gasteiger partial charge in [-0.05, 0) is 85.5 Å². The van der Waals surface area contributed by atoms with Gasteiger partial charge in [-0.3, -0.25) is 9.67 Å². The zero-order valence-corrected chi connectivity index (χ0v) is 19.8. The zero-order chi connectivity index (χ0) is 22.9. The maximum absolute atomic E-state index is 5.28. The van der Waals surface area contributed by atoms with Crippen LogP contribution in [0.25, 0.3) is 21.1 Å². The zero-order valence-electron chi connectivity index (χ0n) is 19.0. The monoisotopic (exact) mass is 470 g/mol. The highest BCUT2D eigenvalue weighted by Gasteiger charge is 2.20. The first-order valence-electron chi connectivity index (χ1n) is 11.6. The van der Waals surface area contributed by atoms with E-state index in [1.165, 1.54) is 15.8 Å². The lowest BCUT2D eigenvalue weighted by atomic mass is 9.92. The highest BCUT2D eigenvalue weighted by molar-refractivity contribution is 7.13. The molecule has 0 aliphatic carbocycles. The second-order valence-electron chi connectivity index (χ2n) is 8.65. The van der Waals surface area contributed by atoms with E-state index in [-0.39, 0.29) is 0 Å². The average Bonchev–Trinajstić information content (AvgIpc) is 3.46. The average molecular weight is 471 g/mol. The number of nitrogens with zero attached hydrogens (tertiary/aromatic N) is 4. The smallest absolute Gasteiger partial charge is 0.179 e. The van der Waals surface area contributed by atoms with Crippen molar-refractivity contribution >= 4 is 44.2 Å². The Balaban J connectivity index is 1.29. The number of fused-ring (bicyclic) bond motifs is 2. The molecule has 3 aromatic heterocycles. The van der Waals surface area contributed by atoms with E-state index in [9.17, 15) is 0 Å². The van der Waals surface area contributed by atoms with Gasteiger partial charge in [0, 0.05) is 23.2 Å². The van der Waals surface area contributed by atoms with Crippen LogP contribution in [0.2, 0.25) is 0 Å². The van der Waals surface area contributed by atoms with Crippen LogP contribution in [0.3, 0.4) is 0 Å². The standard InChI is InChI=1S/C26H26N6OS/c1-33-20-7-4-17(5-8-20)16-32-22-3-2-12-28-25(22)26(30-32)29-19-6-9-21-23(15-19)34-31-24(21)18-10-13-27-14-11-18/h2-9,12,15,18,27H,10-11,13-14,16H2,1H3,(H,29,30). The molecule has 0 bridgehead atoms. The molecule has 172 valence electrons. The Kier molecular flexibility index (Phi) is 5.60. The number of piperidine rings is 1. The van der Waals surface area contributed by atoms with Gasteiger partial charge in [-0.2, -0.15) is 9.47 Å². The molecule has 0 spiro atoms. The molecule has 5 aromatic rings. The van der Waals surface area contributed by atoms with Crippen LogP contribution in [-0.4, -0.2) is 39.3 Å². The summed E-state index contributed by atoms with van der Waals surface area (Å²) in [5, 5.41) is 13.1. The van der Waals surface area contributed by atoms with Crippen molar-refractivity contribution in [3.8, 4) is 5.75 Å². The summed E-state index contributed by atoms with van der Waals surface area (Å²) in [5.41, 5.74) is 5.25. The largest absolute Gasteiger partial charge is 0.497 e. The van der Waals surface area contributed by atoms with E-state index in [0.717, 1.165) is 59.8 Å². The Morgan fingerprint density at radius 2 is 1.97 bits per heavy atom. The number of nitrogens with one attached hydrogen (secondary N) is 2. The van der Waals surface area contributed by atoms with E-state index in [1.807, 2.05) is 29.1 Å². The third-order valence-electron chi connectivity index (χ3n) is 6.49. The molecule has 1 aliphatic heterocycles. The van der Waals surface area contributed by atoms with Gasteiger partial charge < -0.3 is 15.4 Å². The van der Waals surface area contributed by atoms with Crippen molar-refractivity contribution in [2.75, 3.05) is 25.5 Å². The fraction of sp³-hybridized carbons (Fsp3) is 0.269. The van der Waals surface area contributed by atoms with Crippen LogP contribution in [-0.2, 0) is 6.54 Å². The molecule has 0 unspecified atom stereocenters. The van der Waals surface area contributed by atoms with Gasteiger partial charge in [0.2, 0.25) is 0 Å². The number of hydrogen-bond acceptors (Lipinski definition) is 7. The van der Waals surface area contributed by atoms with E-state index >= 15 is 0 Å². The van der Waals surface area contributed by atoms with E-state index < -0.39 is 0 Å². The minimum atomic E-state index is 0.551. The molecule has 0 radical (unpaired) electrons. The molecule has 34 heavy (non-hydrogen) atoms. The van der Waals surface area contributed by atoms with Gasteiger partial charge in [-0.25, -0.2) is 0 Å². The van der Waals surface area contributed by atoms with Crippen molar-refractivity contribution in [2.45, 2.75) is 25.3 Å². The van der Waals surface area contributed by atoms with Crippen LogP contribution in [0.5, 0.6) is 5.75 Å². The Bertz CT molecular complexity index is 1440. The van der Waals surface area contributed by atoms with Gasteiger partial charge in [0.05, 0.1) is 29.6 Å². The van der Waals surface area contributed by atoms with Crippen molar-refractivity contribution < 1.29 is 4.74 Å². The Morgan fingerprint density at radius 1 is 1.12 bits per heavy atom. The molecule has 2 aromatic carbocycles. The van der Waals surface area contributed by atoms with Crippen molar-refractivity contribution in [2.24, 2.45) is 0 Å². The van der Waals surface area contributed by atoms with Crippen LogP contribution in [0.4, 0.5) is 11.5 Å². The van der Waals surface area contributed by atoms with Gasteiger partial charge in [-0.15, -0.1) is 0 Å². The van der Waals surface area contributed by atoms with E-state index in [2.05, 4.69) is 52.0 Å². The lowest BCUT2D eigenvalue weighted by Gasteiger charge is -2.21. The summed E-state index contributed by atoms with van der Waals surface area (Å²) in [4.78, 5) is 4.61. The van der Waals surface area contributed by atoms with E-state index in [1.54, 1.807) is 18.6 Å². The summed E-state index contributed by atoms with van der Waals surface area (Å²) in [6, 6.07) is 18.6. The first kappa shape index (κ1) is 21.1. The van der Waals surface area contributed by atoms with E-state index in [4.69, 9.17) is 14.2 Å². The SMILES string of the molecule is COc1ccc(Cn2nc(Nc3ccc4c(C5CCNCC5)nsc4c3)c3ncccc32)cc1. The summed E-state index contributed by atoms with van der Waals surface area (Å²) in [6.07, 6.45) is 4.12. The molecule has 0 atom stereocenters. The molecule has 1 aliphatic rings. The number of anilines is 2. The maximum Gasteiger partial charge on any atom is 0.179 e. The van der Waals surface area contributed by atoms with Crippen LogP contribution in [0.15, 0.2) is 60.8 Å². The minimum absolute atomic E-state index is 0.551. The van der Waals surface area contributed by atoms with Crippen LogP contribution in [0.1, 0.15) is 30.0 Å². The summed E-state index contributed by atoms with van der Waals surface area (Å²) < 4.78 is 13.3. The first-order chi connectivity index (χ1) is 16.8. The number of aromatic nitrogens is 4. The summed E-state index contributed by atoms with van der Waals surface area (Å²) in [5.74, 6) is 2.15. The minimum Gasteiger partial charge on any atom is -0.497 e. The number of ether oxygens (including phenoxy) is 1. The van der Waals surface area contributed by atoms with Gasteiger partial charge in [-0.1, -0.05) is 12.1 Å². The topological polar surface area (TPSA) is 76.9 Å². The van der Waals surface area contributed by atoms with Gasteiger partial charge in [0.25, 0.3) is 0 Å². The molecule has 0 saturated carbocycles. The number of rotatable bonds is 6. The summed E-state index contributed by atoms with van der Waals surface area (Å²) in [7, 11) is 1.68. The van der Waals surface area contributed by atoms with Gasteiger partial charge in [0.1, 0.15) is 11.3 Å². The van der Waals surface area contributed by atoms with Crippen molar-refractivity contribution in [3.05, 3.63) is 72.1 Å². The number of pyridine rings is 1. The van der Waals surface area contributed by atoms with Crippen molar-refractivity contribution in [3.63, 3.8) is 0 Å². The molecular weight excluding hydrogens is 444 g/mol. The number of hydrogen-bond donors (Lipinski definition) is 2. The molecule has 6 rings (SSSR count). The lowest BCUT2D eigenvalue weighted by molar-refractivity contribution is 0.414. The van der Waals surface area contributed by atoms with Gasteiger partial charge >= 0.3 is 0 Å². The lowest BCUT2D eigenvalue weighted by Crippen LogP contribution is -2.26. The molecular formula is C26H26N6OS. The molecule has 7 nitrogen and oxygen atoms in total. The predicted octanol–water partition coefficient (Wildman–Crippen LogP) is 5.31. The van der Waals surface area contributed by atoms with Gasteiger partial charge in [0.15, 0.2) is 5.82 Å². The molecule has 8 heteroatoms. The fourth-order valence-electron chi connectivity index (χ4n) is 4.68. The maximum atomic E-state index is 5.28. The second kappa shape index (κ2) is 9.04. The summed E-state index contributed by atoms with van der Waals surface area (Å²) in [6.45, 7) is 2.80. The molecule has 0 amide bonds. The fourth-order valence-corrected chi connectivity index (χ4v) is 5.57. The Labute approximate surface area is 201 Å². The Morgan fingerprint density at radius 3 is 2.79 bits per heavy atom. The van der Waals surface area contributed by atoms with E-state index in [0.29, 0.717) is 12.5 Å². The predicted molar refractivity (Wildman–Crippen MR) is 137 cm³/mol. The second-order valence-corrected chi connectivity index (χ2v) is 9.46. The summed E-state index contributed by atoms with van der Waals surface area (Å²) >= 11 is 1.58. The highest BCUT2D eigenvalue weighted by Crippen LogP contribution is 2.35. The number of methoxy groups -OCH3 is 1. The quantitative estimate of drug-likeness (QED) is 0.350. The molecule has 4 heterocycles. The molecule has 1 fully saturated rings. The Hall–Kier alpha value is -3.49.